The number of barbiturate groups is 1. The minimum Gasteiger partial charge on any atom is -0.351 e. The fourth-order valence-corrected chi connectivity index (χ4v) is 2.38. The van der Waals surface area contributed by atoms with Crippen LogP contribution in [0.3, 0.4) is 0 Å². The van der Waals surface area contributed by atoms with Crippen LogP contribution in [0.1, 0.15) is 11.3 Å². The summed E-state index contributed by atoms with van der Waals surface area (Å²) in [5, 5.41) is 2.21. The van der Waals surface area contributed by atoms with Crippen LogP contribution in [0.4, 0.5) is 4.79 Å². The molecule has 1 aromatic heterocycles. The second-order valence-corrected chi connectivity index (χ2v) is 5.24. The van der Waals surface area contributed by atoms with Crippen LogP contribution in [-0.4, -0.2) is 27.3 Å². The molecule has 1 aromatic carbocycles. The van der Waals surface area contributed by atoms with Crippen molar-refractivity contribution in [1.82, 2.24) is 14.8 Å². The van der Waals surface area contributed by atoms with Gasteiger partial charge in [-0.3, -0.25) is 19.8 Å². The topological polar surface area (TPSA) is 71.4 Å². The first-order valence-electron chi connectivity index (χ1n) is 7.10. The molecule has 1 fully saturated rings. The van der Waals surface area contributed by atoms with E-state index in [4.69, 9.17) is 0 Å². The Morgan fingerprint density at radius 2 is 1.78 bits per heavy atom. The van der Waals surface area contributed by atoms with Crippen LogP contribution < -0.4 is 5.32 Å². The Balaban J connectivity index is 1.91. The molecule has 6 nitrogen and oxygen atoms in total. The molecule has 0 bridgehead atoms. The SMILES string of the molecule is Cn1cccc1C=C1C(=O)NC(=O)N(Cc2ccccc2)C1=O. The average Bonchev–Trinajstić information content (AvgIpc) is 2.94. The number of rotatable bonds is 3. The summed E-state index contributed by atoms with van der Waals surface area (Å²) in [5.41, 5.74) is 1.46. The number of nitrogens with one attached hydrogen (secondary N) is 1. The Bertz CT molecular complexity index is 806. The number of aromatic nitrogens is 1. The number of imide groups is 2. The summed E-state index contributed by atoms with van der Waals surface area (Å²) in [7, 11) is 1.81. The largest absolute Gasteiger partial charge is 0.351 e. The zero-order valence-corrected chi connectivity index (χ0v) is 12.5. The molecule has 23 heavy (non-hydrogen) atoms. The van der Waals surface area contributed by atoms with Crippen LogP contribution in [-0.2, 0) is 23.2 Å². The van der Waals surface area contributed by atoms with E-state index in [-0.39, 0.29) is 12.1 Å². The van der Waals surface area contributed by atoms with Gasteiger partial charge in [0.15, 0.2) is 0 Å². The number of nitrogens with zero attached hydrogens (tertiary/aromatic N) is 2. The minimum atomic E-state index is -0.701. The normalized spacial score (nSPS) is 16.8. The first-order valence-corrected chi connectivity index (χ1v) is 7.10. The number of amides is 4. The molecular weight excluding hydrogens is 294 g/mol. The van der Waals surface area contributed by atoms with Crippen LogP contribution in [0.2, 0.25) is 0 Å². The highest BCUT2D eigenvalue weighted by atomic mass is 16.2. The Labute approximate surface area is 133 Å². The van der Waals surface area contributed by atoms with Gasteiger partial charge in [-0.1, -0.05) is 30.3 Å². The lowest BCUT2D eigenvalue weighted by atomic mass is 10.1. The molecule has 2 heterocycles. The van der Waals surface area contributed by atoms with Crippen molar-refractivity contribution in [3.63, 3.8) is 0 Å². The molecule has 4 amide bonds. The lowest BCUT2D eigenvalue weighted by Crippen LogP contribution is -2.53. The molecule has 3 rings (SSSR count). The number of hydrogen-bond acceptors (Lipinski definition) is 3. The van der Waals surface area contributed by atoms with Gasteiger partial charge in [0.05, 0.1) is 6.54 Å². The van der Waals surface area contributed by atoms with Crippen molar-refractivity contribution in [3.8, 4) is 0 Å². The third-order valence-corrected chi connectivity index (χ3v) is 3.65. The molecule has 2 aromatic rings. The zero-order valence-electron chi connectivity index (χ0n) is 12.5. The maximum atomic E-state index is 12.6. The molecule has 1 aliphatic heterocycles. The predicted molar refractivity (Wildman–Crippen MR) is 83.9 cm³/mol. The summed E-state index contributed by atoms with van der Waals surface area (Å²) in [6, 6.07) is 12.0. The van der Waals surface area contributed by atoms with E-state index in [9.17, 15) is 14.4 Å². The van der Waals surface area contributed by atoms with Crippen molar-refractivity contribution in [2.75, 3.05) is 0 Å². The van der Waals surface area contributed by atoms with Crippen LogP contribution >= 0.6 is 0 Å². The molecular formula is C17H15N3O3. The average molecular weight is 309 g/mol. The van der Waals surface area contributed by atoms with E-state index in [1.54, 1.807) is 10.6 Å². The number of urea groups is 1. The summed E-state index contributed by atoms with van der Waals surface area (Å²) in [6.45, 7) is 0.114. The van der Waals surface area contributed by atoms with Gasteiger partial charge in [0.2, 0.25) is 0 Å². The summed E-state index contributed by atoms with van der Waals surface area (Å²) >= 11 is 0. The van der Waals surface area contributed by atoms with E-state index in [0.29, 0.717) is 5.69 Å². The maximum Gasteiger partial charge on any atom is 0.331 e. The van der Waals surface area contributed by atoms with Crippen molar-refractivity contribution in [1.29, 1.82) is 0 Å². The van der Waals surface area contributed by atoms with Crippen molar-refractivity contribution in [3.05, 3.63) is 65.5 Å². The summed E-state index contributed by atoms with van der Waals surface area (Å²) in [6.07, 6.45) is 3.30. The van der Waals surface area contributed by atoms with Gasteiger partial charge in [-0.2, -0.15) is 0 Å². The highest BCUT2D eigenvalue weighted by Crippen LogP contribution is 2.16. The van der Waals surface area contributed by atoms with E-state index in [2.05, 4.69) is 5.32 Å². The van der Waals surface area contributed by atoms with Gasteiger partial charge in [0.25, 0.3) is 11.8 Å². The number of benzene rings is 1. The van der Waals surface area contributed by atoms with E-state index < -0.39 is 17.8 Å². The van der Waals surface area contributed by atoms with Gasteiger partial charge in [-0.25, -0.2) is 4.79 Å². The molecule has 0 atom stereocenters. The standard InChI is InChI=1S/C17H15N3O3/c1-19-9-5-8-13(19)10-14-15(21)18-17(23)20(16(14)22)11-12-6-3-2-4-7-12/h2-10H,11H2,1H3,(H,18,21,23). The van der Waals surface area contributed by atoms with Gasteiger partial charge in [-0.15, -0.1) is 0 Å². The first-order chi connectivity index (χ1) is 11.1. The highest BCUT2D eigenvalue weighted by Gasteiger charge is 2.35. The third-order valence-electron chi connectivity index (χ3n) is 3.65. The van der Waals surface area contributed by atoms with E-state index >= 15 is 0 Å². The molecule has 0 unspecified atom stereocenters. The van der Waals surface area contributed by atoms with Crippen molar-refractivity contribution in [2.45, 2.75) is 6.54 Å². The van der Waals surface area contributed by atoms with Gasteiger partial charge in [0, 0.05) is 18.9 Å². The summed E-state index contributed by atoms with van der Waals surface area (Å²) in [4.78, 5) is 37.6. The monoisotopic (exact) mass is 309 g/mol. The number of carbonyl (C=O) groups is 3. The molecule has 6 heteroatoms. The van der Waals surface area contributed by atoms with Crippen molar-refractivity contribution >= 4 is 23.9 Å². The highest BCUT2D eigenvalue weighted by molar-refractivity contribution is 6.30. The molecule has 116 valence electrons. The molecule has 1 aliphatic rings. The van der Waals surface area contributed by atoms with Crippen molar-refractivity contribution in [2.24, 2.45) is 7.05 Å². The number of carbonyl (C=O) groups excluding carboxylic acids is 3. The summed E-state index contributed by atoms with van der Waals surface area (Å²) < 4.78 is 1.78. The zero-order chi connectivity index (χ0) is 16.4. The maximum absolute atomic E-state index is 12.6. The second-order valence-electron chi connectivity index (χ2n) is 5.24. The predicted octanol–water partition coefficient (Wildman–Crippen LogP) is 1.69. The molecule has 1 N–H and O–H groups in total. The van der Waals surface area contributed by atoms with Crippen LogP contribution in [0.25, 0.3) is 6.08 Å². The lowest BCUT2D eigenvalue weighted by molar-refractivity contribution is -0.130. The van der Waals surface area contributed by atoms with Gasteiger partial charge in [-0.05, 0) is 23.8 Å². The third kappa shape index (κ3) is 2.91. The molecule has 0 aliphatic carbocycles. The Morgan fingerprint density at radius 1 is 1.04 bits per heavy atom. The molecule has 0 spiro atoms. The second kappa shape index (κ2) is 5.92. The van der Waals surface area contributed by atoms with E-state index in [1.807, 2.05) is 49.6 Å². The molecule has 0 radical (unpaired) electrons. The quantitative estimate of drug-likeness (QED) is 0.693. The van der Waals surface area contributed by atoms with Crippen LogP contribution in [0.5, 0.6) is 0 Å². The van der Waals surface area contributed by atoms with Crippen LogP contribution in [0.15, 0.2) is 54.2 Å². The Kier molecular flexibility index (Phi) is 3.80. The van der Waals surface area contributed by atoms with E-state index in [0.717, 1.165) is 10.5 Å². The van der Waals surface area contributed by atoms with Crippen molar-refractivity contribution < 1.29 is 14.4 Å². The Hall–Kier alpha value is -3.15. The van der Waals surface area contributed by atoms with Gasteiger partial charge in [0.1, 0.15) is 5.57 Å². The van der Waals surface area contributed by atoms with Gasteiger partial charge >= 0.3 is 6.03 Å². The first kappa shape index (κ1) is 14.8. The number of hydrogen-bond donors (Lipinski definition) is 1. The number of aryl methyl sites for hydroxylation is 1. The fourth-order valence-electron chi connectivity index (χ4n) is 2.38. The van der Waals surface area contributed by atoms with Crippen LogP contribution in [0, 0.1) is 0 Å². The smallest absolute Gasteiger partial charge is 0.331 e. The van der Waals surface area contributed by atoms with E-state index in [1.165, 1.54) is 6.08 Å². The molecule has 1 saturated heterocycles. The Morgan fingerprint density at radius 3 is 2.43 bits per heavy atom. The summed E-state index contributed by atoms with van der Waals surface area (Å²) in [5.74, 6) is -1.27. The molecule has 0 saturated carbocycles. The fraction of sp³-hybridized carbons (Fsp3) is 0.118. The lowest BCUT2D eigenvalue weighted by Gasteiger charge is -2.26. The van der Waals surface area contributed by atoms with Gasteiger partial charge < -0.3 is 4.57 Å². The minimum absolute atomic E-state index is 0.0534.